The predicted molar refractivity (Wildman–Crippen MR) is 100 cm³/mol. The van der Waals surface area contributed by atoms with Crippen molar-refractivity contribution in [3.05, 3.63) is 52.5 Å². The number of aryl methyl sites for hydroxylation is 2. The SMILES string of the molecule is COC(=O)CN(c1cc(C)ccc1C)S(=O)(=O)c1ccc(OC)c(Cl)c1. The third kappa shape index (κ3) is 4.11. The number of halogens is 1. The summed E-state index contributed by atoms with van der Waals surface area (Å²) in [7, 11) is -1.41. The average molecular weight is 398 g/mol. The summed E-state index contributed by atoms with van der Waals surface area (Å²) in [5.41, 5.74) is 1.98. The lowest BCUT2D eigenvalue weighted by Gasteiger charge is -2.25. The standard InChI is InChI=1S/C18H20ClNO5S/c1-12-5-6-13(2)16(9-12)20(11-18(21)25-4)26(22,23)14-7-8-17(24-3)15(19)10-14/h5-10H,11H2,1-4H3. The summed E-state index contributed by atoms with van der Waals surface area (Å²) in [6.07, 6.45) is 0. The van der Waals surface area contributed by atoms with E-state index in [0.29, 0.717) is 17.0 Å². The number of hydrogen-bond donors (Lipinski definition) is 0. The Morgan fingerprint density at radius 3 is 2.38 bits per heavy atom. The molecule has 0 unspecified atom stereocenters. The summed E-state index contributed by atoms with van der Waals surface area (Å²) in [6.45, 7) is 3.17. The van der Waals surface area contributed by atoms with Gasteiger partial charge in [-0.2, -0.15) is 0 Å². The van der Waals surface area contributed by atoms with Crippen LogP contribution in [0.15, 0.2) is 41.3 Å². The number of rotatable bonds is 6. The Bertz CT molecular complexity index is 927. The first kappa shape index (κ1) is 20.1. The maximum Gasteiger partial charge on any atom is 0.326 e. The minimum atomic E-state index is -4.05. The van der Waals surface area contributed by atoms with Crippen LogP contribution in [-0.2, 0) is 19.6 Å². The molecule has 2 rings (SSSR count). The van der Waals surface area contributed by atoms with E-state index in [-0.39, 0.29) is 9.92 Å². The van der Waals surface area contributed by atoms with Gasteiger partial charge in [-0.25, -0.2) is 8.42 Å². The van der Waals surface area contributed by atoms with Gasteiger partial charge in [-0.05, 0) is 49.2 Å². The highest BCUT2D eigenvalue weighted by atomic mass is 35.5. The van der Waals surface area contributed by atoms with E-state index in [1.807, 2.05) is 13.0 Å². The Morgan fingerprint density at radius 2 is 1.81 bits per heavy atom. The minimum absolute atomic E-state index is 0.0480. The van der Waals surface area contributed by atoms with Gasteiger partial charge < -0.3 is 9.47 Å². The lowest BCUT2D eigenvalue weighted by Crippen LogP contribution is -2.36. The van der Waals surface area contributed by atoms with E-state index in [4.69, 9.17) is 16.3 Å². The maximum atomic E-state index is 13.2. The van der Waals surface area contributed by atoms with E-state index < -0.39 is 22.5 Å². The van der Waals surface area contributed by atoms with Crippen molar-refractivity contribution < 1.29 is 22.7 Å². The molecule has 0 aromatic heterocycles. The van der Waals surface area contributed by atoms with Crippen LogP contribution in [0.2, 0.25) is 5.02 Å². The van der Waals surface area contributed by atoms with Crippen LogP contribution in [0.5, 0.6) is 5.75 Å². The molecule has 26 heavy (non-hydrogen) atoms. The van der Waals surface area contributed by atoms with Crippen molar-refractivity contribution in [1.29, 1.82) is 0 Å². The number of benzene rings is 2. The van der Waals surface area contributed by atoms with Crippen molar-refractivity contribution in [2.75, 3.05) is 25.1 Å². The largest absolute Gasteiger partial charge is 0.495 e. The van der Waals surface area contributed by atoms with Crippen LogP contribution >= 0.6 is 11.6 Å². The van der Waals surface area contributed by atoms with E-state index in [1.54, 1.807) is 19.1 Å². The fraction of sp³-hybridized carbons (Fsp3) is 0.278. The summed E-state index contributed by atoms with van der Waals surface area (Å²) in [4.78, 5) is 11.8. The second kappa shape index (κ2) is 7.97. The highest BCUT2D eigenvalue weighted by Gasteiger charge is 2.29. The number of carbonyl (C=O) groups is 1. The molecule has 0 saturated heterocycles. The van der Waals surface area contributed by atoms with Crippen molar-refractivity contribution >= 4 is 33.3 Å². The van der Waals surface area contributed by atoms with Gasteiger partial charge in [-0.3, -0.25) is 9.10 Å². The summed E-state index contributed by atoms with van der Waals surface area (Å²) >= 11 is 6.08. The molecule has 0 radical (unpaired) electrons. The van der Waals surface area contributed by atoms with Crippen LogP contribution in [-0.4, -0.2) is 35.2 Å². The molecule has 8 heteroatoms. The predicted octanol–water partition coefficient (Wildman–Crippen LogP) is 3.33. The van der Waals surface area contributed by atoms with Crippen LogP contribution in [0.4, 0.5) is 5.69 Å². The zero-order valence-corrected chi connectivity index (χ0v) is 16.5. The highest BCUT2D eigenvalue weighted by Crippen LogP contribution is 2.32. The Balaban J connectivity index is 2.61. The van der Waals surface area contributed by atoms with Gasteiger partial charge >= 0.3 is 5.97 Å². The van der Waals surface area contributed by atoms with Gasteiger partial charge in [0.05, 0.1) is 29.8 Å². The Morgan fingerprint density at radius 1 is 1.12 bits per heavy atom. The van der Waals surface area contributed by atoms with Gasteiger partial charge in [-0.15, -0.1) is 0 Å². The molecule has 2 aromatic rings. The molecule has 0 fully saturated rings. The molecule has 0 heterocycles. The van der Waals surface area contributed by atoms with E-state index >= 15 is 0 Å². The second-order valence-electron chi connectivity index (χ2n) is 5.67. The Kier molecular flexibility index (Phi) is 6.15. The molecule has 2 aromatic carbocycles. The molecule has 0 N–H and O–H groups in total. The van der Waals surface area contributed by atoms with Crippen LogP contribution in [0.1, 0.15) is 11.1 Å². The number of hydrogen-bond acceptors (Lipinski definition) is 5. The monoisotopic (exact) mass is 397 g/mol. The number of nitrogens with zero attached hydrogens (tertiary/aromatic N) is 1. The van der Waals surface area contributed by atoms with E-state index in [0.717, 1.165) is 9.87 Å². The van der Waals surface area contributed by atoms with Crippen molar-refractivity contribution in [3.8, 4) is 5.75 Å². The van der Waals surface area contributed by atoms with Gasteiger partial charge in [0.1, 0.15) is 12.3 Å². The Hall–Kier alpha value is -2.25. The van der Waals surface area contributed by atoms with Crippen LogP contribution < -0.4 is 9.04 Å². The molecule has 0 bridgehead atoms. The van der Waals surface area contributed by atoms with Gasteiger partial charge in [-0.1, -0.05) is 23.7 Å². The quantitative estimate of drug-likeness (QED) is 0.699. The minimum Gasteiger partial charge on any atom is -0.495 e. The molecule has 0 spiro atoms. The lowest BCUT2D eigenvalue weighted by molar-refractivity contribution is -0.138. The highest BCUT2D eigenvalue weighted by molar-refractivity contribution is 7.92. The lowest BCUT2D eigenvalue weighted by atomic mass is 10.1. The summed E-state index contributed by atoms with van der Waals surface area (Å²) in [6, 6.07) is 9.52. The fourth-order valence-electron chi connectivity index (χ4n) is 2.40. The third-order valence-electron chi connectivity index (χ3n) is 3.84. The first-order valence-corrected chi connectivity index (χ1v) is 9.53. The smallest absolute Gasteiger partial charge is 0.326 e. The molecule has 0 aliphatic carbocycles. The summed E-state index contributed by atoms with van der Waals surface area (Å²) in [5.74, 6) is -0.314. The number of ether oxygens (including phenoxy) is 2. The van der Waals surface area contributed by atoms with Gasteiger partial charge in [0.15, 0.2) is 0 Å². The molecular weight excluding hydrogens is 378 g/mol. The molecule has 0 amide bonds. The van der Waals surface area contributed by atoms with Crippen molar-refractivity contribution in [3.63, 3.8) is 0 Å². The summed E-state index contributed by atoms with van der Waals surface area (Å²) < 4.78 is 37.2. The molecule has 0 saturated carbocycles. The molecule has 0 aliphatic rings. The fourth-order valence-corrected chi connectivity index (χ4v) is 4.22. The molecule has 140 valence electrons. The first-order chi connectivity index (χ1) is 12.2. The number of anilines is 1. The van der Waals surface area contributed by atoms with E-state index in [9.17, 15) is 13.2 Å². The van der Waals surface area contributed by atoms with Crippen LogP contribution in [0.25, 0.3) is 0 Å². The Labute approximate surface area is 158 Å². The zero-order chi connectivity index (χ0) is 19.5. The second-order valence-corrected chi connectivity index (χ2v) is 7.94. The number of esters is 1. The maximum absolute atomic E-state index is 13.2. The topological polar surface area (TPSA) is 72.9 Å². The van der Waals surface area contributed by atoms with Gasteiger partial charge in [0.2, 0.25) is 0 Å². The van der Waals surface area contributed by atoms with Crippen molar-refractivity contribution in [2.45, 2.75) is 18.7 Å². The normalized spacial score (nSPS) is 11.1. The van der Waals surface area contributed by atoms with Crippen molar-refractivity contribution in [2.24, 2.45) is 0 Å². The van der Waals surface area contributed by atoms with E-state index in [2.05, 4.69) is 4.74 Å². The molecule has 0 atom stereocenters. The molecular formula is C18H20ClNO5S. The van der Waals surface area contributed by atoms with Crippen molar-refractivity contribution in [1.82, 2.24) is 0 Å². The summed E-state index contributed by atoms with van der Waals surface area (Å²) in [5, 5.41) is 0.160. The molecule has 0 aliphatic heterocycles. The molecule has 6 nitrogen and oxygen atoms in total. The van der Waals surface area contributed by atoms with Crippen LogP contribution in [0, 0.1) is 13.8 Å². The number of methoxy groups -OCH3 is 2. The zero-order valence-electron chi connectivity index (χ0n) is 14.9. The third-order valence-corrected chi connectivity index (χ3v) is 5.90. The first-order valence-electron chi connectivity index (χ1n) is 7.71. The number of carbonyl (C=O) groups excluding carboxylic acids is 1. The van der Waals surface area contributed by atoms with Crippen LogP contribution in [0.3, 0.4) is 0 Å². The van der Waals surface area contributed by atoms with Gasteiger partial charge in [0.25, 0.3) is 10.0 Å². The average Bonchev–Trinajstić information content (AvgIpc) is 2.61. The van der Waals surface area contributed by atoms with Gasteiger partial charge in [0, 0.05) is 0 Å². The number of sulfonamides is 1. The van der Waals surface area contributed by atoms with E-state index in [1.165, 1.54) is 32.4 Å².